The summed E-state index contributed by atoms with van der Waals surface area (Å²) in [5.74, 6) is 0. The van der Waals surface area contributed by atoms with Crippen molar-refractivity contribution in [3.63, 3.8) is 0 Å². The van der Waals surface area contributed by atoms with Gasteiger partial charge in [0.05, 0.1) is 4.92 Å². The lowest BCUT2D eigenvalue weighted by molar-refractivity contribution is -0.384. The Bertz CT molecular complexity index is 722. The van der Waals surface area contributed by atoms with Gasteiger partial charge in [0.1, 0.15) is 0 Å². The number of anilines is 1. The van der Waals surface area contributed by atoms with Gasteiger partial charge in [0, 0.05) is 34.4 Å². The molecule has 114 valence electrons. The minimum atomic E-state index is -0.531. The number of rotatable bonds is 4. The summed E-state index contributed by atoms with van der Waals surface area (Å²) in [6.07, 6.45) is 0. The van der Waals surface area contributed by atoms with E-state index in [4.69, 9.17) is 23.2 Å². The predicted molar refractivity (Wildman–Crippen MR) is 85.4 cm³/mol. The molecule has 8 heteroatoms. The first-order valence-electron chi connectivity index (χ1n) is 6.19. The SMILES string of the molecule is O=C(NCc1ccc(Cl)cc1Cl)Nc1cccc([N+](=O)[O-])c1. The maximum atomic E-state index is 11.8. The third-order valence-electron chi connectivity index (χ3n) is 2.77. The van der Waals surface area contributed by atoms with Gasteiger partial charge in [0.2, 0.25) is 0 Å². The van der Waals surface area contributed by atoms with Crippen LogP contribution in [-0.2, 0) is 6.54 Å². The molecule has 0 bridgehead atoms. The summed E-state index contributed by atoms with van der Waals surface area (Å²) in [5.41, 5.74) is 0.938. The van der Waals surface area contributed by atoms with Crippen LogP contribution in [0.25, 0.3) is 0 Å². The highest BCUT2D eigenvalue weighted by Crippen LogP contribution is 2.21. The first kappa shape index (κ1) is 16.1. The minimum Gasteiger partial charge on any atom is -0.334 e. The number of nitro groups is 1. The smallest absolute Gasteiger partial charge is 0.319 e. The molecule has 0 atom stereocenters. The number of benzene rings is 2. The molecule has 6 nitrogen and oxygen atoms in total. The fourth-order valence-electron chi connectivity index (χ4n) is 1.71. The Labute approximate surface area is 136 Å². The molecule has 0 heterocycles. The number of hydrogen-bond donors (Lipinski definition) is 2. The lowest BCUT2D eigenvalue weighted by Crippen LogP contribution is -2.28. The Morgan fingerprint density at radius 2 is 1.95 bits per heavy atom. The second kappa shape index (κ2) is 7.11. The van der Waals surface area contributed by atoms with Crippen molar-refractivity contribution in [2.24, 2.45) is 0 Å². The molecule has 0 spiro atoms. The number of carbonyl (C=O) groups excluding carboxylic acids is 1. The van der Waals surface area contributed by atoms with Crippen molar-refractivity contribution in [3.8, 4) is 0 Å². The number of hydrogen-bond acceptors (Lipinski definition) is 3. The number of non-ortho nitro benzene ring substituents is 1. The number of amides is 2. The second-order valence-electron chi connectivity index (χ2n) is 4.35. The number of carbonyl (C=O) groups is 1. The summed E-state index contributed by atoms with van der Waals surface area (Å²) >= 11 is 11.8. The van der Waals surface area contributed by atoms with E-state index in [-0.39, 0.29) is 12.2 Å². The number of nitrogens with zero attached hydrogens (tertiary/aromatic N) is 1. The highest BCUT2D eigenvalue weighted by molar-refractivity contribution is 6.35. The number of halogens is 2. The van der Waals surface area contributed by atoms with Gasteiger partial charge in [-0.05, 0) is 23.8 Å². The van der Waals surface area contributed by atoms with Gasteiger partial charge in [-0.3, -0.25) is 10.1 Å². The third kappa shape index (κ3) is 4.34. The lowest BCUT2D eigenvalue weighted by Gasteiger charge is -2.09. The third-order valence-corrected chi connectivity index (χ3v) is 3.36. The average Bonchev–Trinajstić information content (AvgIpc) is 2.46. The molecule has 0 radical (unpaired) electrons. The Kier molecular flexibility index (Phi) is 5.19. The molecule has 2 aromatic carbocycles. The molecule has 0 saturated carbocycles. The van der Waals surface area contributed by atoms with Crippen LogP contribution in [0.2, 0.25) is 10.0 Å². The van der Waals surface area contributed by atoms with E-state index in [1.54, 1.807) is 24.3 Å². The van der Waals surface area contributed by atoms with Gasteiger partial charge in [-0.1, -0.05) is 35.3 Å². The molecular weight excluding hydrogens is 329 g/mol. The van der Waals surface area contributed by atoms with E-state index in [0.717, 1.165) is 0 Å². The molecule has 0 aliphatic rings. The van der Waals surface area contributed by atoms with Gasteiger partial charge in [-0.25, -0.2) is 4.79 Å². The van der Waals surface area contributed by atoms with Crippen LogP contribution in [0.1, 0.15) is 5.56 Å². The molecule has 0 aliphatic heterocycles. The van der Waals surface area contributed by atoms with Crippen LogP contribution >= 0.6 is 23.2 Å². The van der Waals surface area contributed by atoms with E-state index in [0.29, 0.717) is 21.3 Å². The molecule has 2 amide bonds. The Morgan fingerprint density at radius 1 is 1.18 bits per heavy atom. The molecule has 2 N–H and O–H groups in total. The van der Waals surface area contributed by atoms with Crippen LogP contribution in [0.3, 0.4) is 0 Å². The minimum absolute atomic E-state index is 0.0986. The van der Waals surface area contributed by atoms with Crippen molar-refractivity contribution in [1.29, 1.82) is 0 Å². The normalized spacial score (nSPS) is 10.1. The standard InChI is InChI=1S/C14H11Cl2N3O3/c15-10-5-4-9(13(16)6-10)8-17-14(20)18-11-2-1-3-12(7-11)19(21)22/h1-7H,8H2,(H2,17,18,20). The fraction of sp³-hybridized carbons (Fsp3) is 0.0714. The van der Waals surface area contributed by atoms with Crippen LogP contribution in [0, 0.1) is 10.1 Å². The molecule has 2 aromatic rings. The maximum absolute atomic E-state index is 11.8. The quantitative estimate of drug-likeness (QED) is 0.645. The summed E-state index contributed by atoms with van der Waals surface area (Å²) in [4.78, 5) is 21.9. The highest BCUT2D eigenvalue weighted by Gasteiger charge is 2.08. The summed E-state index contributed by atoms with van der Waals surface area (Å²) in [6, 6.07) is 10.1. The number of nitrogens with one attached hydrogen (secondary N) is 2. The molecule has 0 unspecified atom stereocenters. The van der Waals surface area contributed by atoms with E-state index in [1.165, 1.54) is 18.2 Å². The van der Waals surface area contributed by atoms with E-state index in [9.17, 15) is 14.9 Å². The second-order valence-corrected chi connectivity index (χ2v) is 5.19. The van der Waals surface area contributed by atoms with Gasteiger partial charge < -0.3 is 10.6 Å². The van der Waals surface area contributed by atoms with Gasteiger partial charge in [0.25, 0.3) is 5.69 Å². The van der Waals surface area contributed by atoms with E-state index < -0.39 is 11.0 Å². The van der Waals surface area contributed by atoms with Crippen LogP contribution in [0.5, 0.6) is 0 Å². The Hall–Kier alpha value is -2.31. The Morgan fingerprint density at radius 3 is 2.64 bits per heavy atom. The highest BCUT2D eigenvalue weighted by atomic mass is 35.5. The predicted octanol–water partition coefficient (Wildman–Crippen LogP) is 4.22. The van der Waals surface area contributed by atoms with Gasteiger partial charge >= 0.3 is 6.03 Å². The molecule has 2 rings (SSSR count). The van der Waals surface area contributed by atoms with E-state index in [1.807, 2.05) is 0 Å². The molecular formula is C14H11Cl2N3O3. The van der Waals surface area contributed by atoms with Crippen LogP contribution in [0.15, 0.2) is 42.5 Å². The van der Waals surface area contributed by atoms with Crippen LogP contribution in [-0.4, -0.2) is 11.0 Å². The molecule has 0 aliphatic carbocycles. The van der Waals surface area contributed by atoms with Gasteiger partial charge in [-0.15, -0.1) is 0 Å². The summed E-state index contributed by atoms with van der Waals surface area (Å²) in [6.45, 7) is 0.205. The fourth-order valence-corrected chi connectivity index (χ4v) is 2.19. The average molecular weight is 340 g/mol. The van der Waals surface area contributed by atoms with Crippen molar-refractivity contribution in [1.82, 2.24) is 5.32 Å². The van der Waals surface area contributed by atoms with Crippen LogP contribution < -0.4 is 10.6 Å². The molecule has 0 saturated heterocycles. The van der Waals surface area contributed by atoms with Crippen molar-refractivity contribution in [2.75, 3.05) is 5.32 Å². The van der Waals surface area contributed by atoms with Gasteiger partial charge in [-0.2, -0.15) is 0 Å². The number of urea groups is 1. The topological polar surface area (TPSA) is 84.3 Å². The Balaban J connectivity index is 1.95. The van der Waals surface area contributed by atoms with Crippen molar-refractivity contribution in [3.05, 3.63) is 68.2 Å². The summed E-state index contributed by atoms with van der Waals surface area (Å²) in [7, 11) is 0. The van der Waals surface area contributed by atoms with E-state index in [2.05, 4.69) is 10.6 Å². The van der Waals surface area contributed by atoms with Crippen LogP contribution in [0.4, 0.5) is 16.2 Å². The molecule has 22 heavy (non-hydrogen) atoms. The molecule has 0 aromatic heterocycles. The first-order chi connectivity index (χ1) is 10.5. The van der Waals surface area contributed by atoms with Gasteiger partial charge in [0.15, 0.2) is 0 Å². The van der Waals surface area contributed by atoms with E-state index >= 15 is 0 Å². The van der Waals surface area contributed by atoms with Crippen molar-refractivity contribution < 1.29 is 9.72 Å². The largest absolute Gasteiger partial charge is 0.334 e. The molecule has 0 fully saturated rings. The maximum Gasteiger partial charge on any atom is 0.319 e. The van der Waals surface area contributed by atoms with Crippen molar-refractivity contribution in [2.45, 2.75) is 6.54 Å². The first-order valence-corrected chi connectivity index (χ1v) is 6.94. The zero-order chi connectivity index (χ0) is 16.1. The summed E-state index contributed by atoms with van der Waals surface area (Å²) in [5, 5.41) is 16.7. The zero-order valence-electron chi connectivity index (χ0n) is 11.2. The lowest BCUT2D eigenvalue weighted by atomic mass is 10.2. The monoisotopic (exact) mass is 339 g/mol. The number of nitro benzene ring substituents is 1. The zero-order valence-corrected chi connectivity index (χ0v) is 12.7. The van der Waals surface area contributed by atoms with Crippen molar-refractivity contribution >= 4 is 40.6 Å². The summed E-state index contributed by atoms with van der Waals surface area (Å²) < 4.78 is 0.